The van der Waals surface area contributed by atoms with E-state index in [0.717, 1.165) is 11.1 Å². The highest BCUT2D eigenvalue weighted by Crippen LogP contribution is 2.32. The number of allylic oxidation sites excluding steroid dienone is 7. The first-order valence-electron chi connectivity index (χ1n) is 13.8. The number of unbranched alkanes of at least 4 members (excludes halogenated alkanes) is 1. The maximum atomic E-state index is 12.7. The summed E-state index contributed by atoms with van der Waals surface area (Å²) in [7, 11) is 0. The number of benzene rings is 2. The van der Waals surface area contributed by atoms with Crippen LogP contribution < -0.4 is 0 Å². The molecule has 0 radical (unpaired) electrons. The Labute approximate surface area is 219 Å². The van der Waals surface area contributed by atoms with Crippen LogP contribution in [0.15, 0.2) is 96.1 Å². The van der Waals surface area contributed by atoms with Crippen molar-refractivity contribution >= 4 is 5.78 Å². The zero-order valence-corrected chi connectivity index (χ0v) is 23.0. The van der Waals surface area contributed by atoms with Crippen LogP contribution >= 0.6 is 0 Å². The predicted molar refractivity (Wildman–Crippen MR) is 156 cm³/mol. The second kappa shape index (κ2) is 13.4. The predicted octanol–water partition coefficient (Wildman–Crippen LogP) is 9.60. The smallest absolute Gasteiger partial charge is 0.163 e. The molecule has 190 valence electrons. The summed E-state index contributed by atoms with van der Waals surface area (Å²) in [6.45, 7) is 15.5. The second-order valence-electron chi connectivity index (χ2n) is 10.5. The molecule has 2 aromatic rings. The van der Waals surface area contributed by atoms with Gasteiger partial charge in [0.1, 0.15) is 0 Å². The van der Waals surface area contributed by atoms with Crippen molar-refractivity contribution in [1.82, 2.24) is 0 Å². The molecular formula is C35H44O. The molecular weight excluding hydrogens is 436 g/mol. The molecule has 1 aliphatic rings. The van der Waals surface area contributed by atoms with Crippen molar-refractivity contribution in [1.29, 1.82) is 0 Å². The van der Waals surface area contributed by atoms with E-state index < -0.39 is 0 Å². The van der Waals surface area contributed by atoms with Gasteiger partial charge in [-0.1, -0.05) is 119 Å². The quantitative estimate of drug-likeness (QED) is 0.313. The van der Waals surface area contributed by atoms with Gasteiger partial charge >= 0.3 is 0 Å². The van der Waals surface area contributed by atoms with Crippen LogP contribution in [0.1, 0.15) is 93.9 Å². The normalized spacial score (nSPS) is 19.1. The summed E-state index contributed by atoms with van der Waals surface area (Å²) in [4.78, 5) is 12.7. The lowest BCUT2D eigenvalue weighted by molar-refractivity contribution is -0.117. The number of hydrogen-bond donors (Lipinski definition) is 0. The highest BCUT2D eigenvalue weighted by molar-refractivity contribution is 5.97. The number of carbonyl (C=O) groups excluding carboxylic acids is 1. The van der Waals surface area contributed by atoms with Gasteiger partial charge < -0.3 is 0 Å². The van der Waals surface area contributed by atoms with Gasteiger partial charge in [-0.15, -0.1) is 0 Å². The van der Waals surface area contributed by atoms with Crippen LogP contribution in [-0.2, 0) is 11.2 Å². The first kappa shape index (κ1) is 27.7. The summed E-state index contributed by atoms with van der Waals surface area (Å²) >= 11 is 0. The fourth-order valence-corrected chi connectivity index (χ4v) is 5.18. The van der Waals surface area contributed by atoms with Crippen molar-refractivity contribution < 1.29 is 4.79 Å². The molecule has 3 atom stereocenters. The fourth-order valence-electron chi connectivity index (χ4n) is 5.18. The lowest BCUT2D eigenvalue weighted by Gasteiger charge is -2.23. The molecule has 1 heteroatoms. The van der Waals surface area contributed by atoms with Crippen molar-refractivity contribution in [3.8, 4) is 0 Å². The fraction of sp³-hybridized carbons (Fsp3) is 0.400. The molecule has 36 heavy (non-hydrogen) atoms. The van der Waals surface area contributed by atoms with E-state index in [2.05, 4.69) is 89.7 Å². The molecule has 3 rings (SSSR count). The molecule has 0 heterocycles. The summed E-state index contributed by atoms with van der Waals surface area (Å²) in [5.41, 5.74) is 8.54. The number of hydrogen-bond acceptors (Lipinski definition) is 1. The number of carbonyl (C=O) groups is 1. The van der Waals surface area contributed by atoms with Crippen molar-refractivity contribution in [3.63, 3.8) is 0 Å². The van der Waals surface area contributed by atoms with Gasteiger partial charge in [0.25, 0.3) is 0 Å². The highest BCUT2D eigenvalue weighted by Gasteiger charge is 2.25. The first-order chi connectivity index (χ1) is 17.3. The minimum atomic E-state index is -0.190. The van der Waals surface area contributed by atoms with Gasteiger partial charge in [-0.3, -0.25) is 4.79 Å². The minimum Gasteiger partial charge on any atom is -0.294 e. The topological polar surface area (TPSA) is 17.1 Å². The van der Waals surface area contributed by atoms with Crippen LogP contribution in [0.4, 0.5) is 0 Å². The van der Waals surface area contributed by atoms with E-state index in [1.54, 1.807) is 6.08 Å². The zero-order valence-electron chi connectivity index (χ0n) is 23.0. The molecule has 1 aliphatic carbocycles. The third-order valence-electron chi connectivity index (χ3n) is 7.91. The molecule has 2 aromatic carbocycles. The molecule has 0 amide bonds. The van der Waals surface area contributed by atoms with Gasteiger partial charge in [0, 0.05) is 5.92 Å². The Morgan fingerprint density at radius 1 is 0.972 bits per heavy atom. The molecule has 0 spiro atoms. The summed E-state index contributed by atoms with van der Waals surface area (Å²) in [6.07, 6.45) is 15.0. The monoisotopic (exact) mass is 480 g/mol. The van der Waals surface area contributed by atoms with Gasteiger partial charge in [-0.2, -0.15) is 0 Å². The largest absolute Gasteiger partial charge is 0.294 e. The Kier molecular flexibility index (Phi) is 10.3. The van der Waals surface area contributed by atoms with E-state index in [1.165, 1.54) is 59.9 Å². The first-order valence-corrected chi connectivity index (χ1v) is 13.8. The number of aryl methyl sites for hydroxylation is 1. The highest BCUT2D eigenvalue weighted by atomic mass is 16.1. The summed E-state index contributed by atoms with van der Waals surface area (Å²) in [5.74, 6) is 0.973. The van der Waals surface area contributed by atoms with Crippen molar-refractivity contribution in [2.45, 2.75) is 85.0 Å². The molecule has 0 bridgehead atoms. The van der Waals surface area contributed by atoms with E-state index >= 15 is 0 Å². The summed E-state index contributed by atoms with van der Waals surface area (Å²) in [6, 6.07) is 17.6. The third-order valence-corrected chi connectivity index (χ3v) is 7.91. The van der Waals surface area contributed by atoms with E-state index in [9.17, 15) is 4.79 Å². The van der Waals surface area contributed by atoms with Gasteiger partial charge in [0.05, 0.1) is 5.92 Å². The van der Waals surface area contributed by atoms with Crippen LogP contribution in [0.5, 0.6) is 0 Å². The van der Waals surface area contributed by atoms with Crippen LogP contribution in [0, 0.1) is 12.8 Å². The molecule has 2 unspecified atom stereocenters. The van der Waals surface area contributed by atoms with Crippen LogP contribution in [-0.4, -0.2) is 5.78 Å². The van der Waals surface area contributed by atoms with Gasteiger partial charge in [-0.05, 0) is 78.5 Å². The van der Waals surface area contributed by atoms with Crippen molar-refractivity contribution in [2.75, 3.05) is 0 Å². The maximum absolute atomic E-state index is 12.7. The van der Waals surface area contributed by atoms with Gasteiger partial charge in [0.15, 0.2) is 5.78 Å². The Morgan fingerprint density at radius 3 is 2.33 bits per heavy atom. The number of rotatable bonds is 11. The Bertz CT molecular complexity index is 1130. The summed E-state index contributed by atoms with van der Waals surface area (Å²) in [5, 5.41) is 0. The minimum absolute atomic E-state index is 0.148. The van der Waals surface area contributed by atoms with Crippen LogP contribution in [0.25, 0.3) is 0 Å². The second-order valence-corrected chi connectivity index (χ2v) is 10.5. The summed E-state index contributed by atoms with van der Waals surface area (Å²) < 4.78 is 0. The van der Waals surface area contributed by atoms with E-state index in [1.807, 2.05) is 18.2 Å². The maximum Gasteiger partial charge on any atom is 0.163 e. The molecule has 0 N–H and O–H groups in total. The van der Waals surface area contributed by atoms with Gasteiger partial charge in [0.2, 0.25) is 0 Å². The van der Waals surface area contributed by atoms with Crippen LogP contribution in [0.3, 0.4) is 0 Å². The van der Waals surface area contributed by atoms with Crippen LogP contribution in [0.2, 0.25) is 0 Å². The molecule has 0 fully saturated rings. The Morgan fingerprint density at radius 2 is 1.67 bits per heavy atom. The standard InChI is InChI=1S/C35H44O/c1-7-9-14-31(12-8-2)32-20-18-29(19-21-32)27(5)25(3)16-17-30-22-23-35(36)34(28(30)6)24-33-15-11-10-13-26(33)4/h10-11,13,15-23,27,31,34H,6-9,12,14,24H2,1-5H3/b25-16+,30-17-/t27?,31?,34-/m0/s1. The van der Waals surface area contributed by atoms with E-state index in [-0.39, 0.29) is 11.7 Å². The van der Waals surface area contributed by atoms with E-state index in [4.69, 9.17) is 0 Å². The molecule has 1 nitrogen and oxygen atoms in total. The van der Waals surface area contributed by atoms with Gasteiger partial charge in [-0.25, -0.2) is 0 Å². The Balaban J connectivity index is 1.72. The Hall–Kier alpha value is -2.93. The third kappa shape index (κ3) is 7.06. The van der Waals surface area contributed by atoms with Crippen molar-refractivity contribution in [2.24, 2.45) is 5.92 Å². The zero-order chi connectivity index (χ0) is 26.1. The average molecular weight is 481 g/mol. The lowest BCUT2D eigenvalue weighted by atomic mass is 9.80. The molecule has 0 saturated heterocycles. The van der Waals surface area contributed by atoms with Crippen molar-refractivity contribution in [3.05, 3.63) is 118 Å². The average Bonchev–Trinajstić information content (AvgIpc) is 2.89. The molecule has 0 saturated carbocycles. The molecule has 0 aromatic heterocycles. The SMILES string of the molecule is C=C1/C(=C\C=C(/C)C(C)c2ccc(C(CCC)CCCC)cc2)C=CC(=O)[C@H]1Cc1ccccc1C. The molecule has 0 aliphatic heterocycles. The lowest BCUT2D eigenvalue weighted by Crippen LogP contribution is -2.21. The van der Waals surface area contributed by atoms with E-state index in [0.29, 0.717) is 18.3 Å². The number of ketones is 1.